The van der Waals surface area contributed by atoms with Gasteiger partial charge in [0, 0.05) is 36.2 Å². The van der Waals surface area contributed by atoms with E-state index in [0.717, 1.165) is 0 Å². The molecule has 0 rings (SSSR count). The van der Waals surface area contributed by atoms with E-state index in [0.29, 0.717) is 0 Å². The molecule has 0 fully saturated rings. The third-order valence-electron chi connectivity index (χ3n) is 1.22. The van der Waals surface area contributed by atoms with Crippen molar-refractivity contribution < 1.29 is 24.9 Å². The second-order valence-corrected chi connectivity index (χ2v) is 2.18. The molecule has 0 heterocycles. The van der Waals surface area contributed by atoms with Crippen LogP contribution in [-0.2, 0) is 9.59 Å². The van der Waals surface area contributed by atoms with E-state index in [2.05, 4.69) is 5.32 Å². The van der Waals surface area contributed by atoms with Gasteiger partial charge < -0.3 is 15.3 Å². The van der Waals surface area contributed by atoms with Gasteiger partial charge in [-0.25, -0.2) is 0 Å². The van der Waals surface area contributed by atoms with Gasteiger partial charge in [-0.3, -0.25) is 14.9 Å². The van der Waals surface area contributed by atoms with Crippen molar-refractivity contribution in [3.8, 4) is 0 Å². The zero-order chi connectivity index (χ0) is 9.56. The molecule has 0 bridgehead atoms. The summed E-state index contributed by atoms with van der Waals surface area (Å²) in [5, 5.41) is 27.3. The second-order valence-electron chi connectivity index (χ2n) is 2.18. The maximum atomic E-state index is 10.3. The summed E-state index contributed by atoms with van der Waals surface area (Å²) >= 11 is 0. The van der Waals surface area contributed by atoms with Crippen LogP contribution in [0.1, 0.15) is 6.42 Å². The second kappa shape index (κ2) is 8.46. The molecule has 0 aliphatic rings. The Hall–Kier alpha value is -0.140. The summed E-state index contributed by atoms with van der Waals surface area (Å²) < 4.78 is 0. The molecule has 6 nitrogen and oxygen atoms in total. The molecular formula is C6H11NNaO5. The Morgan fingerprint density at radius 2 is 1.85 bits per heavy atom. The van der Waals surface area contributed by atoms with E-state index in [1.54, 1.807) is 0 Å². The summed E-state index contributed by atoms with van der Waals surface area (Å²) in [5.74, 6) is -2.29. The number of hydrogen-bond donors (Lipinski definition) is 4. The summed E-state index contributed by atoms with van der Waals surface area (Å²) in [7, 11) is 0. The number of aliphatic carboxylic acids is 2. The van der Waals surface area contributed by atoms with Crippen molar-refractivity contribution in [3.63, 3.8) is 0 Å². The van der Waals surface area contributed by atoms with Gasteiger partial charge in [0.05, 0.1) is 6.54 Å². The van der Waals surface area contributed by atoms with Crippen LogP contribution in [0.3, 0.4) is 0 Å². The predicted octanol–water partition coefficient (Wildman–Crippen LogP) is -1.88. The first-order valence-electron chi connectivity index (χ1n) is 3.36. The first-order valence-corrected chi connectivity index (χ1v) is 3.36. The van der Waals surface area contributed by atoms with Gasteiger partial charge >= 0.3 is 11.9 Å². The molecule has 1 unspecified atom stereocenters. The van der Waals surface area contributed by atoms with E-state index in [9.17, 15) is 9.59 Å². The van der Waals surface area contributed by atoms with Crippen LogP contribution in [0.15, 0.2) is 0 Å². The van der Waals surface area contributed by atoms with E-state index in [-0.39, 0.29) is 42.6 Å². The Morgan fingerprint density at radius 3 is 2.15 bits per heavy atom. The Kier molecular flexibility index (Phi) is 9.98. The quantitative estimate of drug-likeness (QED) is 0.374. The Labute approximate surface area is 97.2 Å². The summed E-state index contributed by atoms with van der Waals surface area (Å²) in [6, 6.07) is -0.994. The van der Waals surface area contributed by atoms with Gasteiger partial charge in [0.1, 0.15) is 6.04 Å². The van der Waals surface area contributed by atoms with Gasteiger partial charge in [0.15, 0.2) is 0 Å². The van der Waals surface area contributed by atoms with Crippen LogP contribution in [0.25, 0.3) is 0 Å². The summed E-state index contributed by atoms with van der Waals surface area (Å²) in [6.45, 7) is -0.708. The molecule has 0 aliphatic heterocycles. The molecule has 13 heavy (non-hydrogen) atoms. The number of carboxylic acids is 2. The Balaban J connectivity index is 0. The van der Waals surface area contributed by atoms with E-state index in [4.69, 9.17) is 15.3 Å². The van der Waals surface area contributed by atoms with Crippen LogP contribution >= 0.6 is 0 Å². The standard InChI is InChI=1S/C6H11NO5.Na/c8-2-1-4(6(11)12)7-3-5(9)10;/h4,7-8H,1-3H2,(H,9,10)(H,11,12);. The van der Waals surface area contributed by atoms with Gasteiger partial charge in [0.25, 0.3) is 0 Å². The molecule has 0 aliphatic carbocycles. The molecule has 4 N–H and O–H groups in total. The number of hydrogen-bond acceptors (Lipinski definition) is 4. The van der Waals surface area contributed by atoms with Crippen LogP contribution in [0.4, 0.5) is 0 Å². The average molecular weight is 200 g/mol. The van der Waals surface area contributed by atoms with E-state index >= 15 is 0 Å². The molecule has 0 aromatic carbocycles. The Morgan fingerprint density at radius 1 is 1.31 bits per heavy atom. The molecule has 1 atom stereocenters. The van der Waals surface area contributed by atoms with Crippen LogP contribution in [0.5, 0.6) is 0 Å². The molecule has 0 amide bonds. The normalized spacial score (nSPS) is 11.5. The maximum absolute atomic E-state index is 10.3. The number of carbonyl (C=O) groups is 2. The summed E-state index contributed by atoms with van der Waals surface area (Å²) in [4.78, 5) is 20.3. The molecule has 0 aromatic rings. The fraction of sp³-hybridized carbons (Fsp3) is 0.667. The van der Waals surface area contributed by atoms with E-state index in [1.165, 1.54) is 0 Å². The third-order valence-corrected chi connectivity index (χ3v) is 1.22. The molecule has 71 valence electrons. The third kappa shape index (κ3) is 8.20. The van der Waals surface area contributed by atoms with Crippen molar-refractivity contribution in [2.75, 3.05) is 13.2 Å². The molecule has 7 heteroatoms. The number of aliphatic hydroxyl groups is 1. The van der Waals surface area contributed by atoms with Crippen LogP contribution in [0, 0.1) is 0 Å². The maximum Gasteiger partial charge on any atom is 0.320 e. The topological polar surface area (TPSA) is 107 Å². The SMILES string of the molecule is O=C(O)CNC(CCO)C(=O)O.[Na]. The van der Waals surface area contributed by atoms with E-state index in [1.807, 2.05) is 0 Å². The van der Waals surface area contributed by atoms with Crippen molar-refractivity contribution in [3.05, 3.63) is 0 Å². The van der Waals surface area contributed by atoms with Crippen molar-refractivity contribution in [2.45, 2.75) is 12.5 Å². The van der Waals surface area contributed by atoms with Crippen LogP contribution < -0.4 is 5.32 Å². The van der Waals surface area contributed by atoms with Crippen molar-refractivity contribution in [1.82, 2.24) is 5.32 Å². The zero-order valence-corrected chi connectivity index (χ0v) is 9.36. The average Bonchev–Trinajstić information content (AvgIpc) is 1.96. The smallest absolute Gasteiger partial charge is 0.320 e. The first-order chi connectivity index (χ1) is 5.57. The molecule has 0 spiro atoms. The minimum absolute atomic E-state index is 0. The molecule has 1 radical (unpaired) electrons. The predicted molar refractivity (Wildman–Crippen MR) is 44.5 cm³/mol. The molecule has 0 saturated heterocycles. The van der Waals surface area contributed by atoms with Gasteiger partial charge in [-0.05, 0) is 6.42 Å². The monoisotopic (exact) mass is 200 g/mol. The number of aliphatic hydroxyl groups excluding tert-OH is 1. The fourth-order valence-electron chi connectivity index (χ4n) is 0.652. The van der Waals surface area contributed by atoms with Crippen molar-refractivity contribution >= 4 is 41.5 Å². The van der Waals surface area contributed by atoms with Crippen LogP contribution in [0.2, 0.25) is 0 Å². The van der Waals surface area contributed by atoms with Crippen molar-refractivity contribution in [2.24, 2.45) is 0 Å². The summed E-state index contributed by atoms with van der Waals surface area (Å²) in [6.07, 6.45) is 0.00259. The van der Waals surface area contributed by atoms with Gasteiger partial charge in [-0.15, -0.1) is 0 Å². The van der Waals surface area contributed by atoms with Crippen LogP contribution in [-0.4, -0.2) is 76.0 Å². The van der Waals surface area contributed by atoms with Gasteiger partial charge in [-0.2, -0.15) is 0 Å². The largest absolute Gasteiger partial charge is 0.480 e. The number of rotatable bonds is 6. The molecular weight excluding hydrogens is 189 g/mol. The fourth-order valence-corrected chi connectivity index (χ4v) is 0.652. The van der Waals surface area contributed by atoms with E-state index < -0.39 is 24.5 Å². The molecule has 0 saturated carbocycles. The minimum atomic E-state index is -1.16. The molecule has 0 aromatic heterocycles. The first kappa shape index (κ1) is 15.3. The number of nitrogens with one attached hydrogen (secondary N) is 1. The number of carboxylic acid groups (broad SMARTS) is 2. The zero-order valence-electron chi connectivity index (χ0n) is 7.36. The minimum Gasteiger partial charge on any atom is -0.480 e. The Bertz CT molecular complexity index is 174. The van der Waals surface area contributed by atoms with Gasteiger partial charge in [-0.1, -0.05) is 0 Å². The summed E-state index contributed by atoms with van der Waals surface area (Å²) in [5.41, 5.74) is 0. The van der Waals surface area contributed by atoms with Gasteiger partial charge in [0.2, 0.25) is 0 Å². The van der Waals surface area contributed by atoms with Crippen molar-refractivity contribution in [1.29, 1.82) is 0 Å².